The van der Waals surface area contributed by atoms with Crippen LogP contribution in [0.1, 0.15) is 19.5 Å². The lowest BCUT2D eigenvalue weighted by molar-refractivity contribution is 1.06. The third-order valence-electron chi connectivity index (χ3n) is 1.46. The predicted octanol–water partition coefficient (Wildman–Crippen LogP) is 2.69. The van der Waals surface area contributed by atoms with Crippen LogP contribution in [0.2, 0.25) is 0 Å². The van der Waals surface area contributed by atoms with Gasteiger partial charge in [-0.3, -0.25) is 0 Å². The maximum atomic E-state index is 4.37. The number of anilines is 1. The summed E-state index contributed by atoms with van der Waals surface area (Å²) in [5, 5.41) is 6.29. The van der Waals surface area contributed by atoms with Crippen LogP contribution < -0.4 is 5.32 Å². The van der Waals surface area contributed by atoms with Crippen molar-refractivity contribution in [1.29, 1.82) is 0 Å². The van der Waals surface area contributed by atoms with Crippen LogP contribution in [0, 0.1) is 0 Å². The number of aryl methyl sites for hydroxylation is 1. The van der Waals surface area contributed by atoms with E-state index in [0.717, 1.165) is 29.4 Å². The van der Waals surface area contributed by atoms with Crippen molar-refractivity contribution in [3.8, 4) is 0 Å². The second-order valence-corrected chi connectivity index (χ2v) is 3.67. The van der Waals surface area contributed by atoms with E-state index in [9.17, 15) is 0 Å². The number of aromatic nitrogens is 1. The lowest BCUT2D eigenvalue weighted by Crippen LogP contribution is -2.01. The van der Waals surface area contributed by atoms with Crippen molar-refractivity contribution in [2.75, 3.05) is 11.9 Å². The topological polar surface area (TPSA) is 24.9 Å². The number of nitrogens with one attached hydrogen (secondary N) is 1. The fourth-order valence-corrected chi connectivity index (χ4v) is 1.57. The van der Waals surface area contributed by atoms with Gasteiger partial charge in [-0.25, -0.2) is 4.98 Å². The number of nitrogens with zero attached hydrogens (tertiary/aromatic N) is 1. The zero-order valence-electron chi connectivity index (χ0n) is 7.55. The van der Waals surface area contributed by atoms with E-state index in [1.807, 2.05) is 6.92 Å². The predicted molar refractivity (Wildman–Crippen MR) is 54.8 cm³/mol. The number of hydrogen-bond donors (Lipinski definition) is 1. The lowest BCUT2D eigenvalue weighted by atomic mass is 10.3. The molecule has 12 heavy (non-hydrogen) atoms. The number of thiazole rings is 1. The van der Waals surface area contributed by atoms with Crippen molar-refractivity contribution in [3.63, 3.8) is 0 Å². The molecular formula is C9H14N2S. The van der Waals surface area contributed by atoms with Gasteiger partial charge in [0.15, 0.2) is 5.13 Å². The summed E-state index contributed by atoms with van der Waals surface area (Å²) in [7, 11) is 0. The van der Waals surface area contributed by atoms with Gasteiger partial charge in [0.25, 0.3) is 0 Å². The molecule has 1 aromatic heterocycles. The molecule has 0 aliphatic rings. The SMILES string of the molecule is C=C(C)CNc1nc(CC)cs1. The molecule has 0 saturated heterocycles. The second-order valence-electron chi connectivity index (χ2n) is 2.81. The maximum Gasteiger partial charge on any atom is 0.183 e. The van der Waals surface area contributed by atoms with E-state index in [4.69, 9.17) is 0 Å². The first-order valence-corrected chi connectivity index (χ1v) is 4.93. The molecule has 1 heterocycles. The monoisotopic (exact) mass is 182 g/mol. The molecule has 3 heteroatoms. The van der Waals surface area contributed by atoms with Gasteiger partial charge < -0.3 is 5.32 Å². The molecule has 0 aromatic carbocycles. The highest BCUT2D eigenvalue weighted by Gasteiger charge is 1.97. The van der Waals surface area contributed by atoms with Crippen molar-refractivity contribution in [1.82, 2.24) is 4.98 Å². The van der Waals surface area contributed by atoms with Crippen LogP contribution in [0.15, 0.2) is 17.5 Å². The molecule has 0 saturated carbocycles. The smallest absolute Gasteiger partial charge is 0.183 e. The van der Waals surface area contributed by atoms with Crippen molar-refractivity contribution >= 4 is 16.5 Å². The summed E-state index contributed by atoms with van der Waals surface area (Å²) in [5.41, 5.74) is 2.28. The third kappa shape index (κ3) is 2.66. The average Bonchev–Trinajstić information content (AvgIpc) is 2.48. The molecule has 0 unspecified atom stereocenters. The summed E-state index contributed by atoms with van der Waals surface area (Å²) in [6.07, 6.45) is 1.01. The quantitative estimate of drug-likeness (QED) is 0.724. The molecule has 0 fully saturated rings. The van der Waals surface area contributed by atoms with Gasteiger partial charge in [0.2, 0.25) is 0 Å². The summed E-state index contributed by atoms with van der Waals surface area (Å²) in [5.74, 6) is 0. The standard InChI is InChI=1S/C9H14N2S/c1-4-8-6-12-9(11-8)10-5-7(2)3/h6H,2,4-5H2,1,3H3,(H,10,11). The van der Waals surface area contributed by atoms with Crippen LogP contribution in [-0.2, 0) is 6.42 Å². The average molecular weight is 182 g/mol. The van der Waals surface area contributed by atoms with Gasteiger partial charge >= 0.3 is 0 Å². The largest absolute Gasteiger partial charge is 0.358 e. The Labute approximate surface area is 77.3 Å². The van der Waals surface area contributed by atoms with Crippen LogP contribution in [0.25, 0.3) is 0 Å². The maximum absolute atomic E-state index is 4.37. The minimum Gasteiger partial charge on any atom is -0.358 e. The van der Waals surface area contributed by atoms with Gasteiger partial charge in [0.05, 0.1) is 5.69 Å². The van der Waals surface area contributed by atoms with Crippen LogP contribution >= 0.6 is 11.3 Å². The van der Waals surface area contributed by atoms with Crippen LogP contribution in [0.5, 0.6) is 0 Å². The Morgan fingerprint density at radius 3 is 3.00 bits per heavy atom. The van der Waals surface area contributed by atoms with Gasteiger partial charge in [-0.05, 0) is 13.3 Å². The van der Waals surface area contributed by atoms with E-state index in [0.29, 0.717) is 0 Å². The minimum atomic E-state index is 0.816. The molecule has 0 spiro atoms. The summed E-state index contributed by atoms with van der Waals surface area (Å²) in [6.45, 7) is 8.74. The van der Waals surface area contributed by atoms with Gasteiger partial charge in [-0.1, -0.05) is 19.1 Å². The van der Waals surface area contributed by atoms with Crippen molar-refractivity contribution in [2.45, 2.75) is 20.3 Å². The van der Waals surface area contributed by atoms with E-state index >= 15 is 0 Å². The van der Waals surface area contributed by atoms with Crippen LogP contribution in [-0.4, -0.2) is 11.5 Å². The van der Waals surface area contributed by atoms with E-state index in [-0.39, 0.29) is 0 Å². The fourth-order valence-electron chi connectivity index (χ4n) is 0.777. The lowest BCUT2D eigenvalue weighted by Gasteiger charge is -1.99. The first-order chi connectivity index (χ1) is 5.72. The fraction of sp³-hybridized carbons (Fsp3) is 0.444. The highest BCUT2D eigenvalue weighted by molar-refractivity contribution is 7.13. The van der Waals surface area contributed by atoms with Gasteiger partial charge in [0.1, 0.15) is 0 Å². The summed E-state index contributed by atoms with van der Waals surface area (Å²) < 4.78 is 0. The zero-order chi connectivity index (χ0) is 8.97. The summed E-state index contributed by atoms with van der Waals surface area (Å²) >= 11 is 1.65. The first-order valence-electron chi connectivity index (χ1n) is 4.05. The number of hydrogen-bond acceptors (Lipinski definition) is 3. The molecule has 0 aliphatic heterocycles. The highest BCUT2D eigenvalue weighted by Crippen LogP contribution is 2.15. The minimum absolute atomic E-state index is 0.816. The first kappa shape index (κ1) is 9.26. The number of rotatable bonds is 4. The Bertz CT molecular complexity index is 265. The molecule has 1 N–H and O–H groups in total. The molecule has 0 radical (unpaired) electrons. The molecule has 0 bridgehead atoms. The van der Waals surface area contributed by atoms with Gasteiger partial charge in [0, 0.05) is 11.9 Å². The molecule has 2 nitrogen and oxygen atoms in total. The van der Waals surface area contributed by atoms with Crippen molar-refractivity contribution in [3.05, 3.63) is 23.2 Å². The molecular weight excluding hydrogens is 168 g/mol. The molecule has 0 atom stereocenters. The normalized spacial score (nSPS) is 9.83. The molecule has 1 rings (SSSR count). The Morgan fingerprint density at radius 2 is 2.50 bits per heavy atom. The van der Waals surface area contributed by atoms with E-state index in [1.165, 1.54) is 0 Å². The van der Waals surface area contributed by atoms with E-state index in [1.54, 1.807) is 11.3 Å². The molecule has 66 valence electrons. The third-order valence-corrected chi connectivity index (χ3v) is 2.30. The Morgan fingerprint density at radius 1 is 1.75 bits per heavy atom. The van der Waals surface area contributed by atoms with Crippen LogP contribution in [0.4, 0.5) is 5.13 Å². The summed E-state index contributed by atoms with van der Waals surface area (Å²) in [6, 6.07) is 0. The highest BCUT2D eigenvalue weighted by atomic mass is 32.1. The Balaban J connectivity index is 2.47. The Kier molecular flexibility index (Phi) is 3.29. The van der Waals surface area contributed by atoms with E-state index < -0.39 is 0 Å². The van der Waals surface area contributed by atoms with Crippen molar-refractivity contribution in [2.24, 2.45) is 0 Å². The van der Waals surface area contributed by atoms with Crippen LogP contribution in [0.3, 0.4) is 0 Å². The Hall–Kier alpha value is -0.830. The van der Waals surface area contributed by atoms with Crippen molar-refractivity contribution < 1.29 is 0 Å². The van der Waals surface area contributed by atoms with Gasteiger partial charge in [-0.15, -0.1) is 11.3 Å². The van der Waals surface area contributed by atoms with Gasteiger partial charge in [-0.2, -0.15) is 0 Å². The second kappa shape index (κ2) is 4.26. The molecule has 0 amide bonds. The zero-order valence-corrected chi connectivity index (χ0v) is 8.37. The molecule has 1 aromatic rings. The molecule has 0 aliphatic carbocycles. The van der Waals surface area contributed by atoms with E-state index in [2.05, 4.69) is 29.2 Å². The summed E-state index contributed by atoms with van der Waals surface area (Å²) in [4.78, 5) is 4.37.